The number of nitrogen functional groups attached to an aromatic ring is 1. The number of aromatic nitrogens is 2. The zero-order chi connectivity index (χ0) is 25.8. The predicted molar refractivity (Wildman–Crippen MR) is 138 cm³/mol. The fourth-order valence-electron chi connectivity index (χ4n) is 4.39. The first kappa shape index (κ1) is 25.1. The normalized spacial score (nSPS) is 14.1. The second kappa shape index (κ2) is 10.7. The molecular formula is C27H31N5O4. The molecule has 0 aliphatic carbocycles. The minimum absolute atomic E-state index is 0.0109. The number of carbonyl (C=O) groups is 2. The maximum atomic E-state index is 13.2. The van der Waals surface area contributed by atoms with Gasteiger partial charge >= 0.3 is 5.69 Å². The Labute approximate surface area is 209 Å². The molecular weight excluding hydrogens is 458 g/mol. The molecule has 36 heavy (non-hydrogen) atoms. The van der Waals surface area contributed by atoms with Gasteiger partial charge in [-0.05, 0) is 18.1 Å². The lowest BCUT2D eigenvalue weighted by Crippen LogP contribution is -2.51. The monoisotopic (exact) mass is 489 g/mol. The third-order valence-electron chi connectivity index (χ3n) is 6.61. The van der Waals surface area contributed by atoms with Crippen molar-refractivity contribution in [3.05, 3.63) is 97.7 Å². The molecule has 0 bridgehead atoms. The average molecular weight is 490 g/mol. The quantitative estimate of drug-likeness (QED) is 0.497. The Morgan fingerprint density at radius 1 is 0.889 bits per heavy atom. The van der Waals surface area contributed by atoms with Gasteiger partial charge in [0.15, 0.2) is 5.78 Å². The molecule has 0 atom stereocenters. The molecule has 2 aromatic carbocycles. The lowest BCUT2D eigenvalue weighted by Gasteiger charge is -2.34. The Bertz CT molecular complexity index is 1370. The summed E-state index contributed by atoms with van der Waals surface area (Å²) in [6, 6.07) is 17.1. The van der Waals surface area contributed by atoms with Crippen LogP contribution in [0, 0.1) is 6.92 Å². The second-order valence-electron chi connectivity index (χ2n) is 9.22. The molecule has 2 N–H and O–H groups in total. The van der Waals surface area contributed by atoms with E-state index in [4.69, 9.17) is 5.73 Å². The fourth-order valence-corrected chi connectivity index (χ4v) is 4.39. The number of hydrogen-bond acceptors (Lipinski definition) is 6. The molecule has 9 nitrogen and oxygen atoms in total. The molecule has 9 heteroatoms. The average Bonchev–Trinajstić information content (AvgIpc) is 2.88. The molecule has 3 aromatic rings. The Balaban J connectivity index is 1.43. The molecule has 1 saturated heterocycles. The van der Waals surface area contributed by atoms with Gasteiger partial charge in [-0.15, -0.1) is 0 Å². The van der Waals surface area contributed by atoms with Gasteiger partial charge in [-0.3, -0.25) is 28.4 Å². The molecule has 0 radical (unpaired) electrons. The van der Waals surface area contributed by atoms with Gasteiger partial charge in [0.2, 0.25) is 5.91 Å². The van der Waals surface area contributed by atoms with E-state index in [1.165, 1.54) is 11.6 Å². The summed E-state index contributed by atoms with van der Waals surface area (Å²) >= 11 is 0. The van der Waals surface area contributed by atoms with Crippen molar-refractivity contribution in [2.75, 3.05) is 38.5 Å². The molecule has 188 valence electrons. The van der Waals surface area contributed by atoms with E-state index >= 15 is 0 Å². The number of aryl methyl sites for hydroxylation is 1. The van der Waals surface area contributed by atoms with E-state index in [0.29, 0.717) is 32.6 Å². The van der Waals surface area contributed by atoms with Crippen LogP contribution in [0.2, 0.25) is 0 Å². The summed E-state index contributed by atoms with van der Waals surface area (Å²) in [5, 5.41) is 0. The van der Waals surface area contributed by atoms with Crippen LogP contribution in [0.4, 0.5) is 5.82 Å². The van der Waals surface area contributed by atoms with Crippen molar-refractivity contribution in [2.24, 2.45) is 7.05 Å². The van der Waals surface area contributed by atoms with E-state index < -0.39 is 17.0 Å². The standard InChI is InChI=1S/C27H31N5O4/c1-19-8-10-20(11-9-19)16-23(34)31-14-12-30(13-15-31)18-22(33)24-25(28)32(27(36)29(2)26(24)35)17-21-6-4-3-5-7-21/h3-11H,12-18,28H2,1-2H3. The van der Waals surface area contributed by atoms with Crippen LogP contribution in [-0.2, 0) is 24.8 Å². The minimum Gasteiger partial charge on any atom is -0.384 e. The van der Waals surface area contributed by atoms with Gasteiger partial charge in [-0.1, -0.05) is 60.2 Å². The molecule has 2 heterocycles. The van der Waals surface area contributed by atoms with E-state index in [-0.39, 0.29) is 30.4 Å². The third kappa shape index (κ3) is 5.46. The summed E-state index contributed by atoms with van der Waals surface area (Å²) < 4.78 is 2.18. The Morgan fingerprint density at radius 3 is 2.17 bits per heavy atom. The number of nitrogens with zero attached hydrogens (tertiary/aromatic N) is 4. The van der Waals surface area contributed by atoms with Crippen molar-refractivity contribution >= 4 is 17.5 Å². The van der Waals surface area contributed by atoms with Crippen molar-refractivity contribution in [1.82, 2.24) is 18.9 Å². The molecule has 1 aromatic heterocycles. The van der Waals surface area contributed by atoms with Crippen molar-refractivity contribution < 1.29 is 9.59 Å². The van der Waals surface area contributed by atoms with E-state index in [2.05, 4.69) is 0 Å². The maximum absolute atomic E-state index is 13.2. The first-order valence-corrected chi connectivity index (χ1v) is 12.0. The molecule has 1 fully saturated rings. The van der Waals surface area contributed by atoms with Crippen LogP contribution in [0.5, 0.6) is 0 Å². The zero-order valence-electron chi connectivity index (χ0n) is 20.6. The van der Waals surface area contributed by atoms with Crippen LogP contribution in [0.3, 0.4) is 0 Å². The first-order valence-electron chi connectivity index (χ1n) is 12.0. The summed E-state index contributed by atoms with van der Waals surface area (Å²) in [6.45, 7) is 4.17. The van der Waals surface area contributed by atoms with Crippen LogP contribution in [0.1, 0.15) is 27.0 Å². The van der Waals surface area contributed by atoms with Crippen LogP contribution < -0.4 is 17.0 Å². The Kier molecular flexibility index (Phi) is 7.49. The van der Waals surface area contributed by atoms with Gasteiger partial charge in [-0.25, -0.2) is 4.79 Å². The largest absolute Gasteiger partial charge is 0.384 e. The van der Waals surface area contributed by atoms with Crippen molar-refractivity contribution in [2.45, 2.75) is 19.9 Å². The molecule has 0 spiro atoms. The Hall–Kier alpha value is -3.98. The van der Waals surface area contributed by atoms with Crippen LogP contribution >= 0.6 is 0 Å². The number of benzene rings is 2. The molecule has 1 aliphatic heterocycles. The molecule has 1 aliphatic rings. The zero-order valence-corrected chi connectivity index (χ0v) is 20.6. The number of amides is 1. The second-order valence-corrected chi connectivity index (χ2v) is 9.22. The number of carbonyl (C=O) groups excluding carboxylic acids is 2. The highest BCUT2D eigenvalue weighted by molar-refractivity contribution is 6.01. The topological polar surface area (TPSA) is 111 Å². The highest BCUT2D eigenvalue weighted by Gasteiger charge is 2.26. The summed E-state index contributed by atoms with van der Waals surface area (Å²) in [7, 11) is 1.35. The van der Waals surface area contributed by atoms with Crippen molar-refractivity contribution in [3.8, 4) is 0 Å². The molecule has 1 amide bonds. The Morgan fingerprint density at radius 2 is 1.53 bits per heavy atom. The number of Topliss-reactive ketones (excluding diaryl/α,β-unsaturated/α-hetero) is 1. The van der Waals surface area contributed by atoms with E-state index in [1.54, 1.807) is 4.90 Å². The number of anilines is 1. The lowest BCUT2D eigenvalue weighted by molar-refractivity contribution is -0.132. The molecule has 0 saturated carbocycles. The number of rotatable bonds is 7. The van der Waals surface area contributed by atoms with Gasteiger partial charge in [0.05, 0.1) is 19.5 Å². The smallest absolute Gasteiger partial charge is 0.332 e. The van der Waals surface area contributed by atoms with Crippen molar-refractivity contribution in [1.29, 1.82) is 0 Å². The summed E-state index contributed by atoms with van der Waals surface area (Å²) in [5.41, 5.74) is 7.72. The number of ketones is 1. The molecule has 0 unspecified atom stereocenters. The maximum Gasteiger partial charge on any atom is 0.332 e. The van der Waals surface area contributed by atoms with Gasteiger partial charge in [0, 0.05) is 33.2 Å². The van der Waals surface area contributed by atoms with Gasteiger partial charge in [0.25, 0.3) is 5.56 Å². The summed E-state index contributed by atoms with van der Waals surface area (Å²) in [5.74, 6) is -0.505. The SMILES string of the molecule is Cc1ccc(CC(=O)N2CCN(CC(=O)c3c(N)n(Cc4ccccc4)c(=O)n(C)c3=O)CC2)cc1. The lowest BCUT2D eigenvalue weighted by atomic mass is 10.1. The molecule has 4 rings (SSSR count). The van der Waals surface area contributed by atoms with Gasteiger partial charge in [0.1, 0.15) is 11.4 Å². The number of piperazine rings is 1. The number of nitrogens with two attached hydrogens (primary N) is 1. The highest BCUT2D eigenvalue weighted by Crippen LogP contribution is 2.12. The van der Waals surface area contributed by atoms with E-state index in [1.807, 2.05) is 66.4 Å². The van der Waals surface area contributed by atoms with Crippen LogP contribution in [0.25, 0.3) is 0 Å². The summed E-state index contributed by atoms with van der Waals surface area (Å²) in [6.07, 6.45) is 0.342. The minimum atomic E-state index is -0.696. The van der Waals surface area contributed by atoms with Crippen molar-refractivity contribution in [3.63, 3.8) is 0 Å². The highest BCUT2D eigenvalue weighted by atomic mass is 16.2. The number of hydrogen-bond donors (Lipinski definition) is 1. The van der Waals surface area contributed by atoms with Gasteiger partial charge in [-0.2, -0.15) is 0 Å². The van der Waals surface area contributed by atoms with Gasteiger partial charge < -0.3 is 10.6 Å². The van der Waals surface area contributed by atoms with E-state index in [0.717, 1.165) is 21.3 Å². The van der Waals surface area contributed by atoms with E-state index in [9.17, 15) is 19.2 Å². The first-order chi connectivity index (χ1) is 17.2. The third-order valence-corrected chi connectivity index (χ3v) is 6.61. The van der Waals surface area contributed by atoms with Crippen LogP contribution in [0.15, 0.2) is 64.2 Å². The fraction of sp³-hybridized carbons (Fsp3) is 0.333. The van der Waals surface area contributed by atoms with Crippen LogP contribution in [-0.4, -0.2) is 63.3 Å². The summed E-state index contributed by atoms with van der Waals surface area (Å²) in [4.78, 5) is 55.1. The predicted octanol–water partition coefficient (Wildman–Crippen LogP) is 1.06.